The second-order valence-electron chi connectivity index (χ2n) is 5.61. The highest BCUT2D eigenvalue weighted by atomic mass is 16.5. The minimum Gasteiger partial charge on any atom is -0.497 e. The average Bonchev–Trinajstić information content (AvgIpc) is 2.93. The number of methoxy groups -OCH3 is 2. The van der Waals surface area contributed by atoms with Gasteiger partial charge in [0, 0.05) is 17.5 Å². The summed E-state index contributed by atoms with van der Waals surface area (Å²) in [4.78, 5) is 12.3. The van der Waals surface area contributed by atoms with Gasteiger partial charge in [0.15, 0.2) is 0 Å². The van der Waals surface area contributed by atoms with Crippen LogP contribution in [0.4, 0.5) is 0 Å². The van der Waals surface area contributed by atoms with E-state index in [9.17, 15) is 4.79 Å². The molecule has 2 rings (SSSR count). The molecule has 1 aliphatic carbocycles. The number of carbonyl (C=O) groups excluding carboxylic acids is 1. The maximum absolute atomic E-state index is 12.3. The predicted molar refractivity (Wildman–Crippen MR) is 81.4 cm³/mol. The van der Waals surface area contributed by atoms with E-state index in [-0.39, 0.29) is 23.9 Å². The van der Waals surface area contributed by atoms with Crippen LogP contribution in [0.3, 0.4) is 0 Å². The maximum Gasteiger partial charge on any atom is 0.223 e. The molecule has 1 fully saturated rings. The molecule has 3 unspecified atom stereocenters. The molecule has 0 aliphatic heterocycles. The van der Waals surface area contributed by atoms with Crippen molar-refractivity contribution >= 4 is 5.91 Å². The lowest BCUT2D eigenvalue weighted by Gasteiger charge is -2.20. The largest absolute Gasteiger partial charge is 0.497 e. The monoisotopic (exact) mass is 292 g/mol. The van der Waals surface area contributed by atoms with Crippen molar-refractivity contribution in [3.05, 3.63) is 23.8 Å². The highest BCUT2D eigenvalue weighted by molar-refractivity contribution is 5.79. The number of benzene rings is 1. The Morgan fingerprint density at radius 3 is 2.67 bits per heavy atom. The van der Waals surface area contributed by atoms with Crippen molar-refractivity contribution in [2.75, 3.05) is 14.2 Å². The Kier molecular flexibility index (Phi) is 5.07. The molecule has 1 aromatic carbocycles. The lowest BCUT2D eigenvalue weighted by atomic mass is 10.0. The fraction of sp³-hybridized carbons (Fsp3) is 0.562. The zero-order valence-electron chi connectivity index (χ0n) is 12.9. The van der Waals surface area contributed by atoms with Crippen LogP contribution in [0, 0.1) is 5.92 Å². The van der Waals surface area contributed by atoms with Crippen molar-refractivity contribution in [2.24, 2.45) is 11.7 Å². The highest BCUT2D eigenvalue weighted by Gasteiger charge is 2.29. The third-order valence-corrected chi connectivity index (χ3v) is 4.11. The van der Waals surface area contributed by atoms with Crippen molar-refractivity contribution in [1.29, 1.82) is 0 Å². The van der Waals surface area contributed by atoms with Crippen LogP contribution in [0.2, 0.25) is 0 Å². The van der Waals surface area contributed by atoms with Crippen molar-refractivity contribution in [3.63, 3.8) is 0 Å². The molecule has 1 saturated carbocycles. The van der Waals surface area contributed by atoms with Gasteiger partial charge in [-0.3, -0.25) is 4.79 Å². The number of nitrogens with two attached hydrogens (primary N) is 1. The topological polar surface area (TPSA) is 73.6 Å². The lowest BCUT2D eigenvalue weighted by Crippen LogP contribution is -2.32. The first-order chi connectivity index (χ1) is 10.0. The van der Waals surface area contributed by atoms with Crippen LogP contribution in [0.15, 0.2) is 18.2 Å². The van der Waals surface area contributed by atoms with E-state index in [4.69, 9.17) is 15.2 Å². The Balaban J connectivity index is 2.08. The van der Waals surface area contributed by atoms with E-state index >= 15 is 0 Å². The minimum atomic E-state index is -0.139. The van der Waals surface area contributed by atoms with Gasteiger partial charge in [-0.25, -0.2) is 0 Å². The summed E-state index contributed by atoms with van der Waals surface area (Å²) < 4.78 is 10.6. The van der Waals surface area contributed by atoms with E-state index in [0.717, 1.165) is 36.3 Å². The molecule has 3 N–H and O–H groups in total. The number of ether oxygens (including phenoxy) is 2. The summed E-state index contributed by atoms with van der Waals surface area (Å²) in [5.74, 6) is 1.58. The lowest BCUT2D eigenvalue weighted by molar-refractivity contribution is -0.125. The van der Waals surface area contributed by atoms with Crippen LogP contribution in [-0.4, -0.2) is 26.2 Å². The molecular formula is C16H24N2O3. The maximum atomic E-state index is 12.3. The summed E-state index contributed by atoms with van der Waals surface area (Å²) >= 11 is 0. The number of hydrogen-bond donors (Lipinski definition) is 2. The van der Waals surface area contributed by atoms with Crippen LogP contribution in [0.1, 0.15) is 37.8 Å². The molecule has 0 radical (unpaired) electrons. The quantitative estimate of drug-likeness (QED) is 0.870. The number of amides is 1. The molecule has 116 valence electrons. The van der Waals surface area contributed by atoms with Crippen LogP contribution in [0.5, 0.6) is 11.5 Å². The van der Waals surface area contributed by atoms with Gasteiger partial charge in [-0.1, -0.05) is 0 Å². The summed E-state index contributed by atoms with van der Waals surface area (Å²) in [7, 11) is 3.24. The normalized spacial score (nSPS) is 22.7. The van der Waals surface area contributed by atoms with Gasteiger partial charge in [-0.2, -0.15) is 0 Å². The Morgan fingerprint density at radius 1 is 1.33 bits per heavy atom. The van der Waals surface area contributed by atoms with Gasteiger partial charge in [0.25, 0.3) is 0 Å². The van der Waals surface area contributed by atoms with Crippen LogP contribution >= 0.6 is 0 Å². The van der Waals surface area contributed by atoms with E-state index in [0.29, 0.717) is 0 Å². The van der Waals surface area contributed by atoms with Gasteiger partial charge in [0.1, 0.15) is 11.5 Å². The first-order valence-electron chi connectivity index (χ1n) is 7.33. The molecule has 0 bridgehead atoms. The van der Waals surface area contributed by atoms with Crippen molar-refractivity contribution in [3.8, 4) is 11.5 Å². The smallest absolute Gasteiger partial charge is 0.223 e. The first kappa shape index (κ1) is 15.6. The standard InChI is InChI=1S/C16H24N2O3/c1-10(18-16(19)11-4-5-12(17)8-11)14-9-13(20-2)6-7-15(14)21-3/h6-7,9-12H,4-5,8,17H2,1-3H3,(H,18,19). The number of nitrogens with one attached hydrogen (secondary N) is 1. The van der Waals surface area contributed by atoms with Crippen molar-refractivity contribution < 1.29 is 14.3 Å². The van der Waals surface area contributed by atoms with Gasteiger partial charge >= 0.3 is 0 Å². The summed E-state index contributed by atoms with van der Waals surface area (Å²) in [6, 6.07) is 5.60. The fourth-order valence-corrected chi connectivity index (χ4v) is 2.84. The minimum absolute atomic E-state index is 0.0269. The zero-order chi connectivity index (χ0) is 15.4. The molecule has 1 aromatic rings. The highest BCUT2D eigenvalue weighted by Crippen LogP contribution is 2.30. The Bertz CT molecular complexity index is 504. The molecule has 1 aliphatic rings. The first-order valence-corrected chi connectivity index (χ1v) is 7.33. The second-order valence-corrected chi connectivity index (χ2v) is 5.61. The molecule has 5 heteroatoms. The third-order valence-electron chi connectivity index (χ3n) is 4.11. The number of carbonyl (C=O) groups is 1. The average molecular weight is 292 g/mol. The number of hydrogen-bond acceptors (Lipinski definition) is 4. The third kappa shape index (κ3) is 3.67. The summed E-state index contributed by atoms with van der Waals surface area (Å²) in [5.41, 5.74) is 6.78. The number of rotatable bonds is 5. The fourth-order valence-electron chi connectivity index (χ4n) is 2.84. The van der Waals surface area contributed by atoms with E-state index in [1.54, 1.807) is 14.2 Å². The Hall–Kier alpha value is -1.75. The summed E-state index contributed by atoms with van der Waals surface area (Å²) in [6.45, 7) is 1.95. The van der Waals surface area contributed by atoms with Gasteiger partial charge < -0.3 is 20.5 Å². The predicted octanol–water partition coefficient (Wildman–Crippen LogP) is 2.01. The Labute approximate surface area is 125 Å². The van der Waals surface area contributed by atoms with Gasteiger partial charge in [0.05, 0.1) is 20.3 Å². The molecule has 0 spiro atoms. The zero-order valence-corrected chi connectivity index (χ0v) is 12.9. The molecule has 0 heterocycles. The van der Waals surface area contributed by atoms with Crippen molar-refractivity contribution in [2.45, 2.75) is 38.3 Å². The second kappa shape index (κ2) is 6.80. The van der Waals surface area contributed by atoms with Crippen LogP contribution < -0.4 is 20.5 Å². The van der Waals surface area contributed by atoms with Crippen LogP contribution in [-0.2, 0) is 4.79 Å². The van der Waals surface area contributed by atoms with E-state index in [1.807, 2.05) is 25.1 Å². The van der Waals surface area contributed by atoms with E-state index in [1.165, 1.54) is 0 Å². The molecular weight excluding hydrogens is 268 g/mol. The summed E-state index contributed by atoms with van der Waals surface area (Å²) in [5, 5.41) is 3.05. The van der Waals surface area contributed by atoms with Crippen molar-refractivity contribution in [1.82, 2.24) is 5.32 Å². The molecule has 3 atom stereocenters. The molecule has 21 heavy (non-hydrogen) atoms. The molecule has 1 amide bonds. The molecule has 0 aromatic heterocycles. The SMILES string of the molecule is COc1ccc(OC)c(C(C)NC(=O)C2CCC(N)C2)c1. The van der Waals surface area contributed by atoms with E-state index < -0.39 is 0 Å². The van der Waals surface area contributed by atoms with Gasteiger partial charge in [-0.15, -0.1) is 0 Å². The van der Waals surface area contributed by atoms with Crippen LogP contribution in [0.25, 0.3) is 0 Å². The molecule has 0 saturated heterocycles. The van der Waals surface area contributed by atoms with Gasteiger partial charge in [0.2, 0.25) is 5.91 Å². The summed E-state index contributed by atoms with van der Waals surface area (Å²) in [6.07, 6.45) is 2.57. The van der Waals surface area contributed by atoms with Gasteiger partial charge in [-0.05, 0) is 44.4 Å². The van der Waals surface area contributed by atoms with E-state index in [2.05, 4.69) is 5.32 Å². The Morgan fingerprint density at radius 2 is 2.10 bits per heavy atom. The molecule has 5 nitrogen and oxygen atoms in total.